The quantitative estimate of drug-likeness (QED) is 0.643. The van der Waals surface area contributed by atoms with Gasteiger partial charge in [0.25, 0.3) is 0 Å². The third kappa shape index (κ3) is 0.628. The Morgan fingerprint density at radius 3 is 3.17 bits per heavy atom. The summed E-state index contributed by atoms with van der Waals surface area (Å²) < 4.78 is 5.12. The molecule has 62 valence electrons. The van der Waals surface area contributed by atoms with Gasteiger partial charge >= 0.3 is 0 Å². The van der Waals surface area contributed by atoms with Crippen LogP contribution in [0, 0.1) is 0 Å². The summed E-state index contributed by atoms with van der Waals surface area (Å²) in [7, 11) is 0. The van der Waals surface area contributed by atoms with Crippen LogP contribution in [0.15, 0.2) is 10.8 Å². The normalized spacial score (nSPS) is 17.3. The molecular formula is C7H7N3O2. The predicted octanol–water partition coefficient (Wildman–Crippen LogP) is 1.14. The summed E-state index contributed by atoms with van der Waals surface area (Å²) in [6.07, 6.45) is 3.59. The molecule has 1 saturated carbocycles. The molecule has 0 aromatic carbocycles. The topological polar surface area (TPSA) is 64.1 Å². The predicted molar refractivity (Wildman–Crippen MR) is 39.0 cm³/mol. The molecule has 0 radical (unpaired) electrons. The van der Waals surface area contributed by atoms with E-state index in [-0.39, 0.29) is 0 Å². The first-order valence-corrected chi connectivity index (χ1v) is 3.87. The maximum Gasteiger partial charge on any atom is 0.237 e. The van der Waals surface area contributed by atoms with Crippen LogP contribution in [0.3, 0.4) is 0 Å². The van der Waals surface area contributed by atoms with E-state index in [0.717, 1.165) is 23.4 Å². The van der Waals surface area contributed by atoms with Crippen molar-refractivity contribution in [1.29, 1.82) is 0 Å². The van der Waals surface area contributed by atoms with Gasteiger partial charge in [0.05, 0.1) is 0 Å². The molecule has 1 aliphatic carbocycles. The number of aromatic nitrogens is 3. The molecule has 3 rings (SSSR count). The smallest absolute Gasteiger partial charge is 0.237 e. The highest BCUT2D eigenvalue weighted by molar-refractivity contribution is 5.71. The molecule has 5 heteroatoms. The molecule has 1 N–H and O–H groups in total. The van der Waals surface area contributed by atoms with Crippen molar-refractivity contribution < 1.29 is 9.62 Å². The average molecular weight is 165 g/mol. The van der Waals surface area contributed by atoms with Crippen molar-refractivity contribution in [2.24, 2.45) is 0 Å². The number of nitrogens with zero attached hydrogens (tertiary/aromatic N) is 3. The summed E-state index contributed by atoms with van der Waals surface area (Å²) in [5.41, 5.74) is 1.88. The van der Waals surface area contributed by atoms with Crippen molar-refractivity contribution in [3.8, 4) is 0 Å². The van der Waals surface area contributed by atoms with Crippen molar-refractivity contribution in [3.63, 3.8) is 0 Å². The minimum absolute atomic E-state index is 0.414. The molecule has 0 spiro atoms. The van der Waals surface area contributed by atoms with Gasteiger partial charge in [-0.25, -0.2) is 0 Å². The van der Waals surface area contributed by atoms with Crippen LogP contribution in [-0.4, -0.2) is 20.1 Å². The van der Waals surface area contributed by atoms with E-state index in [4.69, 9.17) is 4.42 Å². The Labute approximate surface area is 67.6 Å². The Bertz CT molecular complexity index is 427. The lowest BCUT2D eigenvalue weighted by atomic mass is 10.3. The van der Waals surface area contributed by atoms with E-state index < -0.39 is 0 Å². The number of oxazole rings is 1. The SMILES string of the molecule is On1nc(C2CC2)c2ocnc21. The van der Waals surface area contributed by atoms with E-state index in [1.807, 2.05) is 0 Å². The minimum atomic E-state index is 0.414. The molecule has 0 atom stereocenters. The lowest BCUT2D eigenvalue weighted by Crippen LogP contribution is -1.93. The summed E-state index contributed by atoms with van der Waals surface area (Å²) in [5.74, 6) is 0.467. The first-order valence-electron chi connectivity index (χ1n) is 3.87. The number of fused-ring (bicyclic) bond motifs is 1. The number of hydrogen-bond acceptors (Lipinski definition) is 4. The van der Waals surface area contributed by atoms with Gasteiger partial charge in [0.15, 0.2) is 12.0 Å². The fourth-order valence-corrected chi connectivity index (χ4v) is 1.38. The molecule has 2 aromatic rings. The molecule has 1 aliphatic rings. The number of hydrogen-bond donors (Lipinski definition) is 1. The van der Waals surface area contributed by atoms with Crippen molar-refractivity contribution in [1.82, 2.24) is 14.9 Å². The molecule has 5 nitrogen and oxygen atoms in total. The second-order valence-electron chi connectivity index (χ2n) is 3.05. The van der Waals surface area contributed by atoms with Crippen LogP contribution in [0.1, 0.15) is 24.5 Å². The van der Waals surface area contributed by atoms with Crippen LogP contribution in [0.2, 0.25) is 0 Å². The minimum Gasteiger partial charge on any atom is -0.440 e. The zero-order valence-electron chi connectivity index (χ0n) is 6.27. The van der Waals surface area contributed by atoms with Gasteiger partial charge in [-0.3, -0.25) is 0 Å². The van der Waals surface area contributed by atoms with Gasteiger partial charge in [-0.05, 0) is 12.8 Å². The molecule has 2 aromatic heterocycles. The third-order valence-corrected chi connectivity index (χ3v) is 2.14. The van der Waals surface area contributed by atoms with E-state index in [1.165, 1.54) is 6.39 Å². The van der Waals surface area contributed by atoms with Crippen molar-refractivity contribution in [2.75, 3.05) is 0 Å². The van der Waals surface area contributed by atoms with Gasteiger partial charge in [0, 0.05) is 5.92 Å². The monoisotopic (exact) mass is 165 g/mol. The molecule has 0 unspecified atom stereocenters. The summed E-state index contributed by atoms with van der Waals surface area (Å²) in [6.45, 7) is 0. The van der Waals surface area contributed by atoms with Crippen molar-refractivity contribution in [3.05, 3.63) is 12.1 Å². The van der Waals surface area contributed by atoms with Crippen LogP contribution in [0.5, 0.6) is 0 Å². The van der Waals surface area contributed by atoms with Crippen LogP contribution in [-0.2, 0) is 0 Å². The van der Waals surface area contributed by atoms with Crippen molar-refractivity contribution in [2.45, 2.75) is 18.8 Å². The Balaban J connectivity index is 2.33. The van der Waals surface area contributed by atoms with E-state index in [9.17, 15) is 5.21 Å². The second-order valence-corrected chi connectivity index (χ2v) is 3.05. The first kappa shape index (κ1) is 6.05. The zero-order valence-corrected chi connectivity index (χ0v) is 6.27. The van der Waals surface area contributed by atoms with E-state index in [0.29, 0.717) is 17.1 Å². The fraction of sp³-hybridized carbons (Fsp3) is 0.429. The lowest BCUT2D eigenvalue weighted by molar-refractivity contribution is 0.158. The van der Waals surface area contributed by atoms with Gasteiger partial charge in [-0.2, -0.15) is 4.98 Å². The summed E-state index contributed by atoms with van der Waals surface area (Å²) in [6, 6.07) is 0. The van der Waals surface area contributed by atoms with E-state index >= 15 is 0 Å². The average Bonchev–Trinajstić information content (AvgIpc) is 2.68. The Morgan fingerprint density at radius 2 is 2.42 bits per heavy atom. The van der Waals surface area contributed by atoms with Crippen LogP contribution >= 0.6 is 0 Å². The second kappa shape index (κ2) is 1.80. The first-order chi connectivity index (χ1) is 5.86. The Kier molecular flexibility index (Phi) is 0.905. The molecule has 0 bridgehead atoms. The summed E-state index contributed by atoms with van der Waals surface area (Å²) >= 11 is 0. The Hall–Kier alpha value is -1.52. The number of rotatable bonds is 1. The highest BCUT2D eigenvalue weighted by atomic mass is 16.5. The van der Waals surface area contributed by atoms with E-state index in [1.54, 1.807) is 0 Å². The van der Waals surface area contributed by atoms with Gasteiger partial charge in [-0.1, -0.05) is 4.85 Å². The highest BCUT2D eigenvalue weighted by Crippen LogP contribution is 2.41. The summed E-state index contributed by atoms with van der Waals surface area (Å²) in [5, 5.41) is 13.2. The van der Waals surface area contributed by atoms with E-state index in [2.05, 4.69) is 10.1 Å². The van der Waals surface area contributed by atoms with Gasteiger partial charge in [0.1, 0.15) is 5.69 Å². The molecule has 2 heterocycles. The van der Waals surface area contributed by atoms with Gasteiger partial charge < -0.3 is 9.62 Å². The van der Waals surface area contributed by atoms with Gasteiger partial charge in [0.2, 0.25) is 5.65 Å². The third-order valence-electron chi connectivity index (χ3n) is 2.14. The molecule has 0 saturated heterocycles. The van der Waals surface area contributed by atoms with Crippen LogP contribution < -0.4 is 0 Å². The molecule has 0 amide bonds. The molecule has 12 heavy (non-hydrogen) atoms. The van der Waals surface area contributed by atoms with Crippen LogP contribution in [0.25, 0.3) is 11.2 Å². The largest absolute Gasteiger partial charge is 0.440 e. The maximum atomic E-state index is 9.24. The Morgan fingerprint density at radius 1 is 1.58 bits per heavy atom. The standard InChI is InChI=1S/C7H7N3O2/c11-10-7-6(12-3-8-7)5(9-10)4-1-2-4/h3-4,11H,1-2H2. The fourth-order valence-electron chi connectivity index (χ4n) is 1.38. The molecule has 0 aliphatic heterocycles. The van der Waals surface area contributed by atoms with Crippen molar-refractivity contribution >= 4 is 11.2 Å². The summed E-state index contributed by atoms with van der Waals surface area (Å²) in [4.78, 5) is 4.62. The molecule has 1 fully saturated rings. The molecular weight excluding hydrogens is 158 g/mol. The lowest BCUT2D eigenvalue weighted by Gasteiger charge is -1.85. The highest BCUT2D eigenvalue weighted by Gasteiger charge is 2.31. The van der Waals surface area contributed by atoms with Gasteiger partial charge in [-0.15, -0.1) is 5.10 Å². The maximum absolute atomic E-state index is 9.24. The zero-order chi connectivity index (χ0) is 8.13. The van der Waals surface area contributed by atoms with Crippen LogP contribution in [0.4, 0.5) is 0 Å².